The second-order valence-electron chi connectivity index (χ2n) is 5.20. The lowest BCUT2D eigenvalue weighted by molar-refractivity contribution is 0.0948. The highest BCUT2D eigenvalue weighted by Gasteiger charge is 2.41. The van der Waals surface area contributed by atoms with Gasteiger partial charge in [-0.3, -0.25) is 9.78 Å². The van der Waals surface area contributed by atoms with E-state index < -0.39 is 0 Å². The molecule has 2 aromatic rings. The lowest BCUT2D eigenvalue weighted by atomic mass is 10.1. The van der Waals surface area contributed by atoms with E-state index in [0.717, 1.165) is 22.8 Å². The van der Waals surface area contributed by atoms with E-state index in [1.54, 1.807) is 6.20 Å². The molecule has 1 aromatic carbocycles. The van der Waals surface area contributed by atoms with Gasteiger partial charge in [0.05, 0.1) is 11.1 Å². The van der Waals surface area contributed by atoms with Crippen molar-refractivity contribution >= 4 is 32.7 Å². The van der Waals surface area contributed by atoms with Gasteiger partial charge < -0.3 is 5.32 Å². The van der Waals surface area contributed by atoms with Gasteiger partial charge in [0.25, 0.3) is 5.91 Å². The van der Waals surface area contributed by atoms with E-state index in [-0.39, 0.29) is 11.3 Å². The van der Waals surface area contributed by atoms with Crippen molar-refractivity contribution in [3.63, 3.8) is 0 Å². The third-order valence-corrected chi connectivity index (χ3v) is 4.93. The summed E-state index contributed by atoms with van der Waals surface area (Å²) < 4.78 is 0. The summed E-state index contributed by atoms with van der Waals surface area (Å²) >= 11 is 3.52. The Balaban J connectivity index is 1.82. The number of fused-ring (bicyclic) bond motifs is 1. The quantitative estimate of drug-likeness (QED) is 0.880. The molecule has 98 valence electrons. The molecule has 1 aliphatic carbocycles. The number of aromatic nitrogens is 1. The predicted molar refractivity (Wildman–Crippen MR) is 79.5 cm³/mol. The number of halogens is 1. The van der Waals surface area contributed by atoms with Crippen LogP contribution in [0, 0.1) is 5.41 Å². The number of benzene rings is 1. The second-order valence-corrected chi connectivity index (χ2v) is 5.76. The first-order chi connectivity index (χ1) is 9.24. The number of hydrogen-bond donors (Lipinski definition) is 1. The Bertz CT molecular complexity index is 617. The van der Waals surface area contributed by atoms with Crippen LogP contribution in [-0.4, -0.2) is 22.8 Å². The second kappa shape index (κ2) is 4.93. The van der Waals surface area contributed by atoms with E-state index in [0.29, 0.717) is 5.56 Å². The fourth-order valence-corrected chi connectivity index (χ4v) is 2.94. The molecule has 0 saturated heterocycles. The smallest absolute Gasteiger partial charge is 0.253 e. The van der Waals surface area contributed by atoms with Crippen molar-refractivity contribution in [2.45, 2.75) is 12.8 Å². The zero-order chi connectivity index (χ0) is 13.3. The van der Waals surface area contributed by atoms with Crippen LogP contribution in [0.3, 0.4) is 0 Å². The molecule has 0 unspecified atom stereocenters. The molecule has 19 heavy (non-hydrogen) atoms. The van der Waals surface area contributed by atoms with E-state index in [2.05, 4.69) is 26.2 Å². The Hall–Kier alpha value is -1.42. The van der Waals surface area contributed by atoms with Gasteiger partial charge in [-0.15, -0.1) is 0 Å². The molecule has 3 rings (SSSR count). The van der Waals surface area contributed by atoms with Gasteiger partial charge in [0, 0.05) is 23.5 Å². The number of para-hydroxylation sites is 1. The molecule has 0 radical (unpaired) electrons. The summed E-state index contributed by atoms with van der Waals surface area (Å²) in [5, 5.41) is 4.99. The molecule has 1 N–H and O–H groups in total. The van der Waals surface area contributed by atoms with Crippen LogP contribution in [0.4, 0.5) is 0 Å². The molecule has 4 heteroatoms. The summed E-state index contributed by atoms with van der Waals surface area (Å²) in [6, 6.07) is 9.56. The highest BCUT2D eigenvalue weighted by atomic mass is 79.9. The van der Waals surface area contributed by atoms with Crippen LogP contribution in [0.2, 0.25) is 0 Å². The third kappa shape index (κ3) is 2.50. The van der Waals surface area contributed by atoms with Gasteiger partial charge in [0.2, 0.25) is 0 Å². The van der Waals surface area contributed by atoms with E-state index in [9.17, 15) is 4.79 Å². The van der Waals surface area contributed by atoms with Crippen LogP contribution in [0.25, 0.3) is 10.9 Å². The summed E-state index contributed by atoms with van der Waals surface area (Å²) in [6.45, 7) is 0.736. The van der Waals surface area contributed by atoms with Crippen molar-refractivity contribution in [3.05, 3.63) is 42.1 Å². The number of carbonyl (C=O) groups is 1. The number of nitrogens with zero attached hydrogens (tertiary/aromatic N) is 1. The molecule has 1 aromatic heterocycles. The topological polar surface area (TPSA) is 42.0 Å². The standard InChI is InChI=1S/C15H15BrN2O/c16-9-15(6-7-15)10-18-14(19)12-5-1-3-11-4-2-8-17-13(11)12/h1-5,8H,6-7,9-10H2,(H,18,19). The van der Waals surface area contributed by atoms with Gasteiger partial charge in [0.1, 0.15) is 0 Å². The highest BCUT2D eigenvalue weighted by Crippen LogP contribution is 2.46. The Kier molecular flexibility index (Phi) is 3.27. The first-order valence-electron chi connectivity index (χ1n) is 6.42. The van der Waals surface area contributed by atoms with Gasteiger partial charge in [-0.2, -0.15) is 0 Å². The molecule has 1 aliphatic rings. The molecule has 1 saturated carbocycles. The molecule has 1 heterocycles. The Labute approximate surface area is 120 Å². The maximum atomic E-state index is 12.3. The van der Waals surface area contributed by atoms with Gasteiger partial charge in [-0.1, -0.05) is 34.1 Å². The van der Waals surface area contributed by atoms with Crippen molar-refractivity contribution in [1.82, 2.24) is 10.3 Å². The number of pyridine rings is 1. The van der Waals surface area contributed by atoms with Crippen LogP contribution in [-0.2, 0) is 0 Å². The normalized spacial score (nSPS) is 16.3. The molecule has 0 atom stereocenters. The number of alkyl halides is 1. The van der Waals surface area contributed by atoms with E-state index >= 15 is 0 Å². The number of amides is 1. The van der Waals surface area contributed by atoms with E-state index in [1.807, 2.05) is 30.3 Å². The summed E-state index contributed by atoms with van der Waals surface area (Å²) in [5.41, 5.74) is 1.71. The fraction of sp³-hybridized carbons (Fsp3) is 0.333. The minimum absolute atomic E-state index is 0.0310. The van der Waals surface area contributed by atoms with Crippen LogP contribution >= 0.6 is 15.9 Å². The molecule has 0 spiro atoms. The summed E-state index contributed by atoms with van der Waals surface area (Å²) in [6.07, 6.45) is 4.10. The van der Waals surface area contributed by atoms with Gasteiger partial charge in [-0.05, 0) is 30.4 Å². The largest absolute Gasteiger partial charge is 0.351 e. The molecular formula is C15H15BrN2O. The van der Waals surface area contributed by atoms with E-state index in [4.69, 9.17) is 0 Å². The summed E-state index contributed by atoms with van der Waals surface area (Å²) in [7, 11) is 0. The van der Waals surface area contributed by atoms with Crippen molar-refractivity contribution in [2.24, 2.45) is 5.41 Å². The van der Waals surface area contributed by atoms with Crippen LogP contribution in [0.5, 0.6) is 0 Å². The molecule has 0 aliphatic heterocycles. The van der Waals surface area contributed by atoms with Crippen molar-refractivity contribution in [3.8, 4) is 0 Å². The van der Waals surface area contributed by atoms with Crippen LogP contribution < -0.4 is 5.32 Å². The molecule has 3 nitrogen and oxygen atoms in total. The lowest BCUT2D eigenvalue weighted by Gasteiger charge is -2.13. The van der Waals surface area contributed by atoms with Crippen molar-refractivity contribution in [1.29, 1.82) is 0 Å². The molecule has 0 bridgehead atoms. The van der Waals surface area contributed by atoms with Crippen molar-refractivity contribution in [2.75, 3.05) is 11.9 Å². The van der Waals surface area contributed by atoms with Gasteiger partial charge in [-0.25, -0.2) is 0 Å². The van der Waals surface area contributed by atoms with Gasteiger partial charge in [0.15, 0.2) is 0 Å². The Morgan fingerprint density at radius 1 is 1.32 bits per heavy atom. The average Bonchev–Trinajstić information content (AvgIpc) is 3.25. The van der Waals surface area contributed by atoms with Crippen molar-refractivity contribution < 1.29 is 4.79 Å². The minimum Gasteiger partial charge on any atom is -0.351 e. The molecular weight excluding hydrogens is 304 g/mol. The molecule has 1 amide bonds. The number of carbonyl (C=O) groups excluding carboxylic acids is 1. The maximum absolute atomic E-state index is 12.3. The summed E-state index contributed by atoms with van der Waals surface area (Å²) in [4.78, 5) is 16.6. The third-order valence-electron chi connectivity index (χ3n) is 3.74. The van der Waals surface area contributed by atoms with Gasteiger partial charge >= 0.3 is 0 Å². The first kappa shape index (κ1) is 12.6. The van der Waals surface area contributed by atoms with Crippen LogP contribution in [0.15, 0.2) is 36.5 Å². The Morgan fingerprint density at radius 2 is 2.11 bits per heavy atom. The predicted octanol–water partition coefficient (Wildman–Crippen LogP) is 3.14. The maximum Gasteiger partial charge on any atom is 0.253 e. The van der Waals surface area contributed by atoms with E-state index in [1.165, 1.54) is 12.8 Å². The highest BCUT2D eigenvalue weighted by molar-refractivity contribution is 9.09. The average molecular weight is 319 g/mol. The van der Waals surface area contributed by atoms with Crippen LogP contribution in [0.1, 0.15) is 23.2 Å². The zero-order valence-electron chi connectivity index (χ0n) is 10.5. The molecule has 1 fully saturated rings. The first-order valence-corrected chi connectivity index (χ1v) is 7.54. The fourth-order valence-electron chi connectivity index (χ4n) is 2.18. The zero-order valence-corrected chi connectivity index (χ0v) is 12.1. The summed E-state index contributed by atoms with van der Waals surface area (Å²) in [5.74, 6) is -0.0310. The Morgan fingerprint density at radius 3 is 2.84 bits per heavy atom. The SMILES string of the molecule is O=C(NCC1(CBr)CC1)c1cccc2cccnc12. The number of rotatable bonds is 4. The minimum atomic E-state index is -0.0310. The number of nitrogens with one attached hydrogen (secondary N) is 1. The lowest BCUT2D eigenvalue weighted by Crippen LogP contribution is -2.31. The number of hydrogen-bond acceptors (Lipinski definition) is 2. The monoisotopic (exact) mass is 318 g/mol.